The van der Waals surface area contributed by atoms with E-state index in [2.05, 4.69) is 12.2 Å². The van der Waals surface area contributed by atoms with Crippen molar-refractivity contribution < 1.29 is 14.3 Å². The van der Waals surface area contributed by atoms with E-state index >= 15 is 0 Å². The van der Waals surface area contributed by atoms with Crippen molar-refractivity contribution in [3.05, 3.63) is 64.7 Å². The lowest BCUT2D eigenvalue weighted by Crippen LogP contribution is -2.21. The molecule has 0 atom stereocenters. The van der Waals surface area contributed by atoms with Gasteiger partial charge in [0, 0.05) is 10.7 Å². The Morgan fingerprint density at radius 1 is 1.09 bits per heavy atom. The number of hydrogen-bond acceptors (Lipinski definition) is 3. The molecule has 2 aromatic rings. The van der Waals surface area contributed by atoms with E-state index in [-0.39, 0.29) is 18.9 Å². The van der Waals surface area contributed by atoms with Crippen molar-refractivity contribution in [1.29, 1.82) is 0 Å². The van der Waals surface area contributed by atoms with Crippen LogP contribution in [0.2, 0.25) is 5.02 Å². The van der Waals surface area contributed by atoms with Crippen molar-refractivity contribution in [1.82, 2.24) is 0 Å². The Kier molecular flexibility index (Phi) is 6.18. The third-order valence-corrected chi connectivity index (χ3v) is 3.67. The quantitative estimate of drug-likeness (QED) is 0.822. The molecular weight excluding hydrogens is 314 g/mol. The van der Waals surface area contributed by atoms with Gasteiger partial charge in [-0.05, 0) is 35.7 Å². The molecule has 0 unspecified atom stereocenters. The van der Waals surface area contributed by atoms with Crippen molar-refractivity contribution in [2.24, 2.45) is 0 Å². The number of carbonyl (C=O) groups excluding carboxylic acids is 2. The highest BCUT2D eigenvalue weighted by Gasteiger charge is 2.10. The third-order valence-electron chi connectivity index (χ3n) is 3.30. The van der Waals surface area contributed by atoms with Crippen molar-refractivity contribution in [3.8, 4) is 0 Å². The Morgan fingerprint density at radius 3 is 2.43 bits per heavy atom. The number of aryl methyl sites for hydroxylation is 1. The summed E-state index contributed by atoms with van der Waals surface area (Å²) in [6, 6.07) is 14.6. The van der Waals surface area contributed by atoms with Crippen LogP contribution in [0.3, 0.4) is 0 Å². The first-order valence-corrected chi connectivity index (χ1v) is 7.74. The minimum absolute atomic E-state index is 0.0398. The summed E-state index contributed by atoms with van der Waals surface area (Å²) in [5.41, 5.74) is 2.54. The van der Waals surface area contributed by atoms with Crippen molar-refractivity contribution in [3.63, 3.8) is 0 Å². The minimum Gasteiger partial charge on any atom is -0.455 e. The summed E-state index contributed by atoms with van der Waals surface area (Å²) in [5.74, 6) is -0.865. The molecular formula is C18H18ClNO3. The van der Waals surface area contributed by atoms with Gasteiger partial charge >= 0.3 is 5.97 Å². The zero-order valence-electron chi connectivity index (χ0n) is 12.8. The lowest BCUT2D eigenvalue weighted by molar-refractivity contribution is -0.146. The van der Waals surface area contributed by atoms with Gasteiger partial charge < -0.3 is 10.1 Å². The average Bonchev–Trinajstić information content (AvgIpc) is 2.56. The fourth-order valence-electron chi connectivity index (χ4n) is 2.02. The second-order valence-corrected chi connectivity index (χ2v) is 5.43. The van der Waals surface area contributed by atoms with Gasteiger partial charge in [-0.3, -0.25) is 9.59 Å². The average molecular weight is 332 g/mol. The van der Waals surface area contributed by atoms with E-state index in [1.165, 1.54) is 5.56 Å². The van der Waals surface area contributed by atoms with Gasteiger partial charge in [-0.15, -0.1) is 0 Å². The van der Waals surface area contributed by atoms with Crippen LogP contribution in [-0.4, -0.2) is 18.5 Å². The number of hydrogen-bond donors (Lipinski definition) is 1. The first-order valence-electron chi connectivity index (χ1n) is 7.36. The number of halogens is 1. The number of nitrogens with one attached hydrogen (secondary N) is 1. The van der Waals surface area contributed by atoms with Crippen LogP contribution >= 0.6 is 11.6 Å². The van der Waals surface area contributed by atoms with Crippen LogP contribution < -0.4 is 5.32 Å². The van der Waals surface area contributed by atoms with Crippen molar-refractivity contribution >= 4 is 29.2 Å². The van der Waals surface area contributed by atoms with Crippen molar-refractivity contribution in [2.75, 3.05) is 11.9 Å². The van der Waals surface area contributed by atoms with E-state index in [0.717, 1.165) is 6.42 Å². The van der Waals surface area contributed by atoms with Crippen LogP contribution in [-0.2, 0) is 27.2 Å². The molecule has 0 fully saturated rings. The topological polar surface area (TPSA) is 55.4 Å². The number of ether oxygens (including phenoxy) is 1. The summed E-state index contributed by atoms with van der Waals surface area (Å²) in [7, 11) is 0. The van der Waals surface area contributed by atoms with E-state index in [1.54, 1.807) is 24.3 Å². The molecule has 4 nitrogen and oxygen atoms in total. The maximum Gasteiger partial charge on any atom is 0.310 e. The number of amides is 1. The van der Waals surface area contributed by atoms with Crippen molar-refractivity contribution in [2.45, 2.75) is 19.8 Å². The maximum atomic E-state index is 11.8. The van der Waals surface area contributed by atoms with Gasteiger partial charge in [0.15, 0.2) is 6.61 Å². The molecule has 0 aromatic heterocycles. The van der Waals surface area contributed by atoms with E-state index in [9.17, 15) is 9.59 Å². The Balaban J connectivity index is 1.79. The van der Waals surface area contributed by atoms with E-state index in [1.807, 2.05) is 24.3 Å². The molecule has 5 heteroatoms. The van der Waals surface area contributed by atoms with Crippen LogP contribution in [0.25, 0.3) is 0 Å². The van der Waals surface area contributed by atoms with E-state index in [4.69, 9.17) is 16.3 Å². The number of anilines is 1. The predicted octanol–water partition coefficient (Wildman–Crippen LogP) is 3.63. The molecule has 0 saturated carbocycles. The summed E-state index contributed by atoms with van der Waals surface area (Å²) < 4.78 is 4.97. The Hall–Kier alpha value is -2.33. The molecule has 120 valence electrons. The Morgan fingerprint density at radius 2 is 1.78 bits per heavy atom. The molecule has 0 radical (unpaired) electrons. The number of carbonyl (C=O) groups is 2. The van der Waals surface area contributed by atoms with Gasteiger partial charge in [0.05, 0.1) is 6.42 Å². The van der Waals surface area contributed by atoms with Gasteiger partial charge in [0.2, 0.25) is 0 Å². The highest BCUT2D eigenvalue weighted by molar-refractivity contribution is 6.31. The largest absolute Gasteiger partial charge is 0.455 e. The summed E-state index contributed by atoms with van der Waals surface area (Å²) >= 11 is 5.98. The molecule has 1 amide bonds. The molecule has 0 bridgehead atoms. The fraction of sp³-hybridized carbons (Fsp3) is 0.222. The first kappa shape index (κ1) is 17.0. The van der Waals surface area contributed by atoms with Crippen LogP contribution in [0, 0.1) is 0 Å². The third kappa shape index (κ3) is 5.42. The fourth-order valence-corrected chi connectivity index (χ4v) is 2.22. The van der Waals surface area contributed by atoms with Crippen LogP contribution in [0.4, 0.5) is 5.69 Å². The summed E-state index contributed by atoms with van der Waals surface area (Å²) in [4.78, 5) is 23.5. The SMILES string of the molecule is CCc1ccc(NC(=O)COC(=O)Cc2ccccc2Cl)cc1. The molecule has 0 aliphatic carbocycles. The molecule has 0 saturated heterocycles. The molecule has 1 N–H and O–H groups in total. The standard InChI is InChI=1S/C18H18ClNO3/c1-2-13-7-9-15(10-8-13)20-17(21)12-23-18(22)11-14-5-3-4-6-16(14)19/h3-10H,2,11-12H2,1H3,(H,20,21). The highest BCUT2D eigenvalue weighted by Crippen LogP contribution is 2.15. The molecule has 0 aliphatic rings. The summed E-state index contributed by atoms with van der Waals surface area (Å²) in [5, 5.41) is 3.19. The lowest BCUT2D eigenvalue weighted by Gasteiger charge is -2.08. The summed E-state index contributed by atoms with van der Waals surface area (Å²) in [6.45, 7) is 1.74. The second kappa shape index (κ2) is 8.34. The lowest BCUT2D eigenvalue weighted by atomic mass is 10.1. The number of benzene rings is 2. The molecule has 2 aromatic carbocycles. The number of rotatable bonds is 6. The molecule has 0 heterocycles. The zero-order valence-corrected chi connectivity index (χ0v) is 13.6. The molecule has 2 rings (SSSR count). The van der Waals surface area contributed by atoms with Gasteiger partial charge in [-0.25, -0.2) is 0 Å². The van der Waals surface area contributed by atoms with E-state index in [0.29, 0.717) is 16.3 Å². The smallest absolute Gasteiger partial charge is 0.310 e. The predicted molar refractivity (Wildman–Crippen MR) is 90.6 cm³/mol. The highest BCUT2D eigenvalue weighted by atomic mass is 35.5. The first-order chi connectivity index (χ1) is 11.1. The maximum absolute atomic E-state index is 11.8. The van der Waals surface area contributed by atoms with Gasteiger partial charge in [-0.1, -0.05) is 48.9 Å². The van der Waals surface area contributed by atoms with Gasteiger partial charge in [0.1, 0.15) is 0 Å². The Labute approximate surface area is 140 Å². The normalized spacial score (nSPS) is 10.2. The van der Waals surface area contributed by atoms with Crippen LogP contribution in [0.15, 0.2) is 48.5 Å². The molecule has 23 heavy (non-hydrogen) atoms. The van der Waals surface area contributed by atoms with Gasteiger partial charge in [0.25, 0.3) is 5.91 Å². The second-order valence-electron chi connectivity index (χ2n) is 5.03. The van der Waals surface area contributed by atoms with E-state index < -0.39 is 5.97 Å². The van der Waals surface area contributed by atoms with Crippen LogP contribution in [0.1, 0.15) is 18.1 Å². The minimum atomic E-state index is -0.491. The zero-order chi connectivity index (χ0) is 16.7. The van der Waals surface area contributed by atoms with Crippen LogP contribution in [0.5, 0.6) is 0 Å². The summed E-state index contributed by atoms with van der Waals surface area (Å²) in [6.07, 6.45) is 0.978. The molecule has 0 spiro atoms. The monoisotopic (exact) mass is 331 g/mol. The number of esters is 1. The molecule has 0 aliphatic heterocycles. The van der Waals surface area contributed by atoms with Gasteiger partial charge in [-0.2, -0.15) is 0 Å². The Bertz CT molecular complexity index is 683.